The Morgan fingerprint density at radius 3 is 2.59 bits per heavy atom. The van der Waals surface area contributed by atoms with Crippen molar-refractivity contribution in [3.05, 3.63) is 53.3 Å². The predicted octanol–water partition coefficient (Wildman–Crippen LogP) is 2.56. The number of anilines is 2. The van der Waals surface area contributed by atoms with E-state index in [4.69, 9.17) is 15.2 Å². The summed E-state index contributed by atoms with van der Waals surface area (Å²) in [6, 6.07) is 8.43. The SMILES string of the molecule is COc1cc(Nc2nc3c(C)cc(S(=O)(=O)CCC(=O)N4CCOCC4)cc3cc2C(N)=O)ccc1F. The van der Waals surface area contributed by atoms with Gasteiger partial charge in [-0.25, -0.2) is 17.8 Å². The van der Waals surface area contributed by atoms with E-state index < -0.39 is 21.6 Å². The highest BCUT2D eigenvalue weighted by Crippen LogP contribution is 2.30. The Morgan fingerprint density at radius 2 is 1.92 bits per heavy atom. The van der Waals surface area contributed by atoms with E-state index in [1.807, 2.05) is 0 Å². The number of carbonyl (C=O) groups is 2. The zero-order chi connectivity index (χ0) is 26.7. The van der Waals surface area contributed by atoms with Gasteiger partial charge in [0.25, 0.3) is 5.91 Å². The van der Waals surface area contributed by atoms with E-state index in [1.165, 1.54) is 43.5 Å². The topological polar surface area (TPSA) is 141 Å². The molecule has 0 unspecified atom stereocenters. The van der Waals surface area contributed by atoms with E-state index in [9.17, 15) is 22.4 Å². The number of ether oxygens (including phenoxy) is 2. The number of aryl methyl sites for hydroxylation is 1. The largest absolute Gasteiger partial charge is 0.494 e. The fourth-order valence-corrected chi connectivity index (χ4v) is 5.42. The molecule has 2 heterocycles. The molecule has 0 radical (unpaired) electrons. The van der Waals surface area contributed by atoms with Crippen LogP contribution in [0.1, 0.15) is 22.3 Å². The monoisotopic (exact) mass is 530 g/mol. The van der Waals surface area contributed by atoms with Crippen molar-refractivity contribution in [1.82, 2.24) is 9.88 Å². The van der Waals surface area contributed by atoms with Crippen LogP contribution in [-0.2, 0) is 19.4 Å². The number of hydrogen-bond acceptors (Lipinski definition) is 8. The van der Waals surface area contributed by atoms with Crippen LogP contribution >= 0.6 is 0 Å². The van der Waals surface area contributed by atoms with Crippen LogP contribution in [0.3, 0.4) is 0 Å². The van der Waals surface area contributed by atoms with Crippen LogP contribution in [0.2, 0.25) is 0 Å². The molecular weight excluding hydrogens is 503 g/mol. The molecule has 1 fully saturated rings. The number of pyridine rings is 1. The number of nitrogens with one attached hydrogen (secondary N) is 1. The summed E-state index contributed by atoms with van der Waals surface area (Å²) < 4.78 is 50.1. The third kappa shape index (κ3) is 5.81. The van der Waals surface area contributed by atoms with E-state index in [0.29, 0.717) is 48.5 Å². The molecule has 0 spiro atoms. The van der Waals surface area contributed by atoms with Crippen molar-refractivity contribution in [3.8, 4) is 5.75 Å². The number of nitrogens with two attached hydrogens (primary N) is 1. The maximum atomic E-state index is 13.8. The van der Waals surface area contributed by atoms with Gasteiger partial charge >= 0.3 is 0 Å². The number of fused-ring (bicyclic) bond motifs is 1. The Balaban J connectivity index is 1.64. The van der Waals surface area contributed by atoms with E-state index in [1.54, 1.807) is 11.8 Å². The number of amides is 2. The molecule has 3 aromatic rings. The Labute approximate surface area is 213 Å². The minimum absolute atomic E-state index is 0.00421. The first-order valence-electron chi connectivity index (χ1n) is 11.5. The van der Waals surface area contributed by atoms with Gasteiger partial charge in [0.2, 0.25) is 5.91 Å². The minimum Gasteiger partial charge on any atom is -0.494 e. The average Bonchev–Trinajstić information content (AvgIpc) is 2.88. The summed E-state index contributed by atoms with van der Waals surface area (Å²) in [7, 11) is -2.47. The summed E-state index contributed by atoms with van der Waals surface area (Å²) in [5, 5.41) is 3.35. The van der Waals surface area contributed by atoms with Crippen LogP contribution in [-0.4, -0.2) is 69.3 Å². The van der Waals surface area contributed by atoms with Crippen LogP contribution in [0.4, 0.5) is 15.9 Å². The maximum Gasteiger partial charge on any atom is 0.252 e. The van der Waals surface area contributed by atoms with Gasteiger partial charge in [0.15, 0.2) is 21.4 Å². The lowest BCUT2D eigenvalue weighted by Gasteiger charge is -2.26. The van der Waals surface area contributed by atoms with Crippen LogP contribution in [0.25, 0.3) is 10.9 Å². The third-order valence-corrected chi connectivity index (χ3v) is 7.76. The van der Waals surface area contributed by atoms with Crippen molar-refractivity contribution >= 4 is 44.1 Å². The second-order valence-electron chi connectivity index (χ2n) is 8.60. The molecule has 1 aliphatic rings. The molecule has 0 atom stereocenters. The molecule has 1 aromatic heterocycles. The Kier molecular flexibility index (Phi) is 7.60. The lowest BCUT2D eigenvalue weighted by atomic mass is 10.1. The molecule has 3 N–H and O–H groups in total. The number of benzene rings is 2. The number of methoxy groups -OCH3 is 1. The maximum absolute atomic E-state index is 13.8. The van der Waals surface area contributed by atoms with Crippen molar-refractivity contribution in [2.45, 2.75) is 18.2 Å². The summed E-state index contributed by atoms with van der Waals surface area (Å²) in [5.74, 6) is -1.79. The van der Waals surface area contributed by atoms with E-state index in [-0.39, 0.29) is 40.1 Å². The van der Waals surface area contributed by atoms with Gasteiger partial charge in [-0.05, 0) is 42.8 Å². The number of hydrogen-bond donors (Lipinski definition) is 2. The Morgan fingerprint density at radius 1 is 1.19 bits per heavy atom. The fourth-order valence-electron chi connectivity index (χ4n) is 4.08. The predicted molar refractivity (Wildman–Crippen MR) is 135 cm³/mol. The zero-order valence-electron chi connectivity index (χ0n) is 20.4. The van der Waals surface area contributed by atoms with Crippen LogP contribution < -0.4 is 15.8 Å². The van der Waals surface area contributed by atoms with Gasteiger partial charge in [0.05, 0.1) is 42.1 Å². The fraction of sp³-hybridized carbons (Fsp3) is 0.320. The van der Waals surface area contributed by atoms with Gasteiger partial charge in [0.1, 0.15) is 5.82 Å². The highest BCUT2D eigenvalue weighted by molar-refractivity contribution is 7.91. The van der Waals surface area contributed by atoms with Gasteiger partial charge in [-0.3, -0.25) is 9.59 Å². The average molecular weight is 531 g/mol. The van der Waals surface area contributed by atoms with Gasteiger partial charge in [0, 0.05) is 36.7 Å². The quantitative estimate of drug-likeness (QED) is 0.453. The Hall–Kier alpha value is -3.77. The number of aromatic nitrogens is 1. The number of primary amides is 1. The lowest BCUT2D eigenvalue weighted by molar-refractivity contribution is -0.134. The normalized spacial score (nSPS) is 14.0. The highest BCUT2D eigenvalue weighted by atomic mass is 32.2. The summed E-state index contributed by atoms with van der Waals surface area (Å²) in [6.07, 6.45) is -0.145. The van der Waals surface area contributed by atoms with Crippen molar-refractivity contribution < 1.29 is 31.9 Å². The molecule has 4 rings (SSSR count). The Bertz CT molecular complexity index is 1470. The summed E-state index contributed by atoms with van der Waals surface area (Å²) in [4.78, 5) is 30.8. The first-order chi connectivity index (χ1) is 17.6. The summed E-state index contributed by atoms with van der Waals surface area (Å²) in [6.45, 7) is 3.45. The minimum atomic E-state index is -3.80. The first kappa shape index (κ1) is 26.3. The lowest BCUT2D eigenvalue weighted by Crippen LogP contribution is -2.41. The third-order valence-electron chi connectivity index (χ3n) is 6.07. The zero-order valence-corrected chi connectivity index (χ0v) is 21.2. The molecule has 0 saturated carbocycles. The van der Waals surface area contributed by atoms with Crippen LogP contribution in [0, 0.1) is 12.7 Å². The number of halogens is 1. The van der Waals surface area contributed by atoms with E-state index >= 15 is 0 Å². The second-order valence-corrected chi connectivity index (χ2v) is 10.7. The van der Waals surface area contributed by atoms with Gasteiger partial charge < -0.3 is 25.4 Å². The number of rotatable bonds is 8. The second kappa shape index (κ2) is 10.7. The van der Waals surface area contributed by atoms with E-state index in [2.05, 4.69) is 10.3 Å². The highest BCUT2D eigenvalue weighted by Gasteiger charge is 2.23. The number of nitrogens with zero attached hydrogens (tertiary/aromatic N) is 2. The number of morpholine rings is 1. The molecule has 37 heavy (non-hydrogen) atoms. The standard InChI is InChI=1S/C25H27FN4O6S/c1-15-11-18(37(33,34)10-5-22(31)30-6-8-36-9-7-30)12-16-13-19(24(27)32)25(29-23(15)16)28-17-3-4-20(26)21(14-17)35-2/h3-4,11-14H,5-10H2,1-2H3,(H2,27,32)(H,28,29). The summed E-state index contributed by atoms with van der Waals surface area (Å²) in [5.41, 5.74) is 7.01. The molecule has 1 aliphatic heterocycles. The number of carbonyl (C=O) groups excluding carboxylic acids is 2. The molecule has 0 bridgehead atoms. The number of sulfone groups is 1. The molecule has 10 nitrogen and oxygen atoms in total. The first-order valence-corrected chi connectivity index (χ1v) is 13.2. The molecule has 12 heteroatoms. The molecule has 2 amide bonds. The van der Waals surface area contributed by atoms with Crippen LogP contribution in [0.5, 0.6) is 5.75 Å². The smallest absolute Gasteiger partial charge is 0.252 e. The van der Waals surface area contributed by atoms with Crippen LogP contribution in [0.15, 0.2) is 41.3 Å². The molecule has 196 valence electrons. The molecule has 2 aromatic carbocycles. The molecule has 1 saturated heterocycles. The van der Waals surface area contributed by atoms with Crippen molar-refractivity contribution in [2.75, 3.05) is 44.5 Å². The van der Waals surface area contributed by atoms with Crippen molar-refractivity contribution in [3.63, 3.8) is 0 Å². The van der Waals surface area contributed by atoms with Gasteiger partial charge in [-0.15, -0.1) is 0 Å². The van der Waals surface area contributed by atoms with Crippen molar-refractivity contribution in [1.29, 1.82) is 0 Å². The van der Waals surface area contributed by atoms with Crippen molar-refractivity contribution in [2.24, 2.45) is 5.73 Å². The molecular formula is C25H27FN4O6S. The van der Waals surface area contributed by atoms with Gasteiger partial charge in [-0.1, -0.05) is 0 Å². The molecule has 0 aliphatic carbocycles. The van der Waals surface area contributed by atoms with Gasteiger partial charge in [-0.2, -0.15) is 0 Å². The van der Waals surface area contributed by atoms with E-state index in [0.717, 1.165) is 0 Å². The summed E-state index contributed by atoms with van der Waals surface area (Å²) >= 11 is 0.